The van der Waals surface area contributed by atoms with Crippen LogP contribution in [-0.2, 0) is 28.7 Å². The Bertz CT molecular complexity index is 338. The number of carbonyl (C=O) groups excluding carboxylic acids is 3. The second kappa shape index (κ2) is 8.24. The second-order valence-electron chi connectivity index (χ2n) is 3.33. The van der Waals surface area contributed by atoms with E-state index in [1.165, 1.54) is 40.2 Å². The topological polar surface area (TPSA) is 82.1 Å². The highest BCUT2D eigenvalue weighted by Gasteiger charge is 2.12. The van der Waals surface area contributed by atoms with Gasteiger partial charge in [0.2, 0.25) is 0 Å². The van der Waals surface area contributed by atoms with Gasteiger partial charge in [-0.2, -0.15) is 0 Å². The lowest BCUT2D eigenvalue weighted by Gasteiger charge is -2.14. The maximum atomic E-state index is 11.4. The minimum Gasteiger partial charge on any atom is -0.462 e. The molecule has 0 fully saturated rings. The first kappa shape index (κ1) is 16.1. The third-order valence-corrected chi connectivity index (χ3v) is 1.81. The molecule has 0 aliphatic heterocycles. The fourth-order valence-electron chi connectivity index (χ4n) is 0.926. The Labute approximate surface area is 105 Å². The standard InChI is InChI=1S/C11H17NO6/c1-8(13)17-7-10(18-9(2)14)5-6-11(15)12(3)16-4/h5-6,10H,7H2,1-4H3/b6-5+. The van der Waals surface area contributed by atoms with Crippen LogP contribution in [0.3, 0.4) is 0 Å². The van der Waals surface area contributed by atoms with Gasteiger partial charge >= 0.3 is 11.9 Å². The van der Waals surface area contributed by atoms with E-state index in [2.05, 4.69) is 4.84 Å². The summed E-state index contributed by atoms with van der Waals surface area (Å²) < 4.78 is 9.55. The Morgan fingerprint density at radius 3 is 2.28 bits per heavy atom. The van der Waals surface area contributed by atoms with Gasteiger partial charge in [0.1, 0.15) is 6.61 Å². The zero-order chi connectivity index (χ0) is 14.1. The van der Waals surface area contributed by atoms with Crippen molar-refractivity contribution in [3.63, 3.8) is 0 Å². The lowest BCUT2D eigenvalue weighted by Crippen LogP contribution is -2.25. The average Bonchev–Trinajstić information content (AvgIpc) is 2.30. The van der Waals surface area contributed by atoms with Crippen molar-refractivity contribution in [1.29, 1.82) is 0 Å². The Morgan fingerprint density at radius 2 is 1.83 bits per heavy atom. The van der Waals surface area contributed by atoms with Crippen molar-refractivity contribution >= 4 is 17.8 Å². The summed E-state index contributed by atoms with van der Waals surface area (Å²) in [6, 6.07) is 0. The van der Waals surface area contributed by atoms with Gasteiger partial charge in [-0.25, -0.2) is 5.06 Å². The van der Waals surface area contributed by atoms with E-state index in [4.69, 9.17) is 9.47 Å². The molecule has 1 amide bonds. The number of rotatable bonds is 6. The van der Waals surface area contributed by atoms with E-state index in [1.54, 1.807) is 0 Å². The molecule has 0 bridgehead atoms. The van der Waals surface area contributed by atoms with Crippen molar-refractivity contribution in [2.75, 3.05) is 20.8 Å². The van der Waals surface area contributed by atoms with Crippen LogP contribution >= 0.6 is 0 Å². The van der Waals surface area contributed by atoms with Gasteiger partial charge in [-0.3, -0.25) is 19.2 Å². The maximum absolute atomic E-state index is 11.4. The first-order chi connectivity index (χ1) is 8.36. The monoisotopic (exact) mass is 259 g/mol. The maximum Gasteiger partial charge on any atom is 0.303 e. The number of hydrogen-bond donors (Lipinski definition) is 0. The third-order valence-electron chi connectivity index (χ3n) is 1.81. The molecular formula is C11H17NO6. The van der Waals surface area contributed by atoms with E-state index in [9.17, 15) is 14.4 Å². The minimum absolute atomic E-state index is 0.143. The summed E-state index contributed by atoms with van der Waals surface area (Å²) in [5.74, 6) is -1.47. The Balaban J connectivity index is 4.47. The van der Waals surface area contributed by atoms with E-state index in [-0.39, 0.29) is 6.61 Å². The molecule has 0 saturated carbocycles. The summed E-state index contributed by atoms with van der Waals surface area (Å²) in [4.78, 5) is 37.5. The van der Waals surface area contributed by atoms with Gasteiger partial charge in [-0.05, 0) is 6.08 Å². The van der Waals surface area contributed by atoms with Crippen molar-refractivity contribution in [1.82, 2.24) is 5.06 Å². The molecule has 18 heavy (non-hydrogen) atoms. The molecule has 0 spiro atoms. The molecule has 0 aromatic rings. The molecule has 7 nitrogen and oxygen atoms in total. The van der Waals surface area contributed by atoms with E-state index in [1.807, 2.05) is 0 Å². The molecule has 0 radical (unpaired) electrons. The highest BCUT2D eigenvalue weighted by atomic mass is 16.7. The van der Waals surface area contributed by atoms with Crippen molar-refractivity contribution in [3.8, 4) is 0 Å². The van der Waals surface area contributed by atoms with Crippen LogP contribution in [0.25, 0.3) is 0 Å². The minimum atomic E-state index is -0.805. The van der Waals surface area contributed by atoms with Crippen LogP contribution in [0.2, 0.25) is 0 Å². The molecule has 1 unspecified atom stereocenters. The molecule has 0 saturated heterocycles. The van der Waals surface area contributed by atoms with Crippen LogP contribution in [-0.4, -0.2) is 49.8 Å². The van der Waals surface area contributed by atoms with Crippen LogP contribution in [0.15, 0.2) is 12.2 Å². The van der Waals surface area contributed by atoms with E-state index < -0.39 is 23.9 Å². The van der Waals surface area contributed by atoms with Crippen molar-refractivity contribution in [3.05, 3.63) is 12.2 Å². The molecule has 0 aliphatic rings. The number of carbonyl (C=O) groups is 3. The van der Waals surface area contributed by atoms with Gasteiger partial charge in [-0.1, -0.05) is 0 Å². The number of nitrogens with zero attached hydrogens (tertiary/aromatic N) is 1. The smallest absolute Gasteiger partial charge is 0.303 e. The first-order valence-corrected chi connectivity index (χ1v) is 5.17. The lowest BCUT2D eigenvalue weighted by molar-refractivity contribution is -0.162. The summed E-state index contributed by atoms with van der Waals surface area (Å²) >= 11 is 0. The number of esters is 2. The highest BCUT2D eigenvalue weighted by Crippen LogP contribution is 1.99. The number of hydroxylamine groups is 2. The summed E-state index contributed by atoms with van der Waals surface area (Å²) in [5.41, 5.74) is 0. The van der Waals surface area contributed by atoms with Crippen molar-refractivity contribution < 1.29 is 28.7 Å². The van der Waals surface area contributed by atoms with Crippen LogP contribution in [0.4, 0.5) is 0 Å². The van der Waals surface area contributed by atoms with Gasteiger partial charge < -0.3 is 9.47 Å². The van der Waals surface area contributed by atoms with Gasteiger partial charge in [0.25, 0.3) is 5.91 Å². The van der Waals surface area contributed by atoms with Crippen LogP contribution in [0.1, 0.15) is 13.8 Å². The Hall–Kier alpha value is -1.89. The molecule has 1 atom stereocenters. The van der Waals surface area contributed by atoms with Gasteiger partial charge in [0.15, 0.2) is 6.10 Å². The summed E-state index contributed by atoms with van der Waals surface area (Å²) in [6.45, 7) is 2.31. The molecular weight excluding hydrogens is 242 g/mol. The predicted molar refractivity (Wildman–Crippen MR) is 61.1 cm³/mol. The lowest BCUT2D eigenvalue weighted by atomic mass is 10.3. The van der Waals surface area contributed by atoms with Crippen molar-refractivity contribution in [2.45, 2.75) is 20.0 Å². The van der Waals surface area contributed by atoms with E-state index >= 15 is 0 Å². The molecule has 0 N–H and O–H groups in total. The summed E-state index contributed by atoms with van der Waals surface area (Å²) in [7, 11) is 2.77. The van der Waals surface area contributed by atoms with E-state index in [0.717, 1.165) is 5.06 Å². The second-order valence-corrected chi connectivity index (χ2v) is 3.33. The van der Waals surface area contributed by atoms with Crippen LogP contribution in [0, 0.1) is 0 Å². The average molecular weight is 259 g/mol. The van der Waals surface area contributed by atoms with Gasteiger partial charge in [0, 0.05) is 27.0 Å². The van der Waals surface area contributed by atoms with Gasteiger partial charge in [-0.15, -0.1) is 0 Å². The zero-order valence-electron chi connectivity index (χ0n) is 10.8. The van der Waals surface area contributed by atoms with Crippen LogP contribution in [0.5, 0.6) is 0 Å². The Morgan fingerprint density at radius 1 is 1.22 bits per heavy atom. The number of ether oxygens (including phenoxy) is 2. The number of amides is 1. The molecule has 0 aromatic carbocycles. The molecule has 7 heteroatoms. The quantitative estimate of drug-likeness (QED) is 0.381. The third kappa shape index (κ3) is 7.39. The molecule has 0 aromatic heterocycles. The highest BCUT2D eigenvalue weighted by molar-refractivity contribution is 5.86. The molecule has 0 rings (SSSR count). The number of hydrogen-bond acceptors (Lipinski definition) is 6. The normalized spacial score (nSPS) is 12.0. The first-order valence-electron chi connectivity index (χ1n) is 5.17. The number of likely N-dealkylation sites (N-methyl/N-ethyl adjacent to an activating group) is 1. The molecule has 0 heterocycles. The van der Waals surface area contributed by atoms with Crippen LogP contribution < -0.4 is 0 Å². The molecule has 0 aliphatic carbocycles. The van der Waals surface area contributed by atoms with Crippen molar-refractivity contribution in [2.24, 2.45) is 0 Å². The molecule has 102 valence electrons. The largest absolute Gasteiger partial charge is 0.462 e. The Kier molecular flexibility index (Phi) is 7.37. The fourth-order valence-corrected chi connectivity index (χ4v) is 0.926. The van der Waals surface area contributed by atoms with Gasteiger partial charge in [0.05, 0.1) is 7.11 Å². The fraction of sp³-hybridized carbons (Fsp3) is 0.545. The zero-order valence-corrected chi connectivity index (χ0v) is 10.8. The SMILES string of the molecule is CON(C)C(=O)/C=C/C(COC(C)=O)OC(C)=O. The summed E-state index contributed by atoms with van der Waals surface area (Å²) in [5, 5.41) is 0.993. The van der Waals surface area contributed by atoms with E-state index in [0.29, 0.717) is 0 Å². The predicted octanol–water partition coefficient (Wildman–Crippen LogP) is 0.0572. The summed E-state index contributed by atoms with van der Waals surface area (Å²) in [6.07, 6.45) is 1.68.